The van der Waals surface area contributed by atoms with Crippen LogP contribution in [0.15, 0.2) is 60.1 Å². The third-order valence-electron chi connectivity index (χ3n) is 7.46. The van der Waals surface area contributed by atoms with Crippen LogP contribution in [-0.2, 0) is 6.54 Å². The van der Waals surface area contributed by atoms with Gasteiger partial charge in [-0.3, -0.25) is 9.69 Å². The summed E-state index contributed by atoms with van der Waals surface area (Å²) in [6.07, 6.45) is 11.4. The summed E-state index contributed by atoms with van der Waals surface area (Å²) in [7, 11) is 0. The van der Waals surface area contributed by atoms with Gasteiger partial charge in [0.2, 0.25) is 5.88 Å². The summed E-state index contributed by atoms with van der Waals surface area (Å²) >= 11 is 1.71. The molecule has 0 radical (unpaired) electrons. The molecule has 2 saturated heterocycles. The molecule has 2 amide bonds. The summed E-state index contributed by atoms with van der Waals surface area (Å²) in [5.74, 6) is 0.00493. The molecule has 2 fully saturated rings. The first kappa shape index (κ1) is 27.2. The van der Waals surface area contributed by atoms with Gasteiger partial charge < -0.3 is 19.9 Å². The van der Waals surface area contributed by atoms with Crippen molar-refractivity contribution in [1.82, 2.24) is 24.8 Å². The Morgan fingerprint density at radius 1 is 1.05 bits per heavy atom. The molecular weight excluding hydrogens is 512 g/mol. The average Bonchev–Trinajstić information content (AvgIpc) is 3.48. The van der Waals surface area contributed by atoms with Crippen LogP contribution >= 0.6 is 11.8 Å². The Morgan fingerprint density at radius 2 is 1.87 bits per heavy atom. The summed E-state index contributed by atoms with van der Waals surface area (Å²) in [6, 6.07) is 11.8. The van der Waals surface area contributed by atoms with Crippen molar-refractivity contribution in [2.45, 2.75) is 68.4 Å². The van der Waals surface area contributed by atoms with Crippen molar-refractivity contribution in [1.29, 1.82) is 0 Å². The number of amides is 2. The molecule has 2 aromatic heterocycles. The second kappa shape index (κ2) is 13.1. The number of carbonyl (C=O) groups excluding carboxylic acids is 2. The van der Waals surface area contributed by atoms with E-state index >= 15 is 0 Å². The Balaban J connectivity index is 1.07. The standard InChI is InChI=1S/C29H36N6O3S/c1-2-24-5-3-4-16-35(24)20-21-6-8-22(9-7-21)27(36)33-23-10-11-26(32-19-23)38-29(37)34-17-12-25(13-18-34)39-28-30-14-15-31-28/h6-11,14-15,19,24-25H,2-5,12-13,16-18,20H2,1H3,(H,30,31)(H,33,36). The van der Waals surface area contributed by atoms with Crippen molar-refractivity contribution in [3.8, 4) is 5.88 Å². The molecule has 2 aliphatic rings. The molecule has 4 heterocycles. The van der Waals surface area contributed by atoms with Crippen LogP contribution in [-0.4, -0.2) is 67.7 Å². The van der Waals surface area contributed by atoms with Gasteiger partial charge in [-0.05, 0) is 62.4 Å². The molecule has 0 saturated carbocycles. The lowest BCUT2D eigenvalue weighted by Gasteiger charge is -2.35. The topological polar surface area (TPSA) is 103 Å². The van der Waals surface area contributed by atoms with Gasteiger partial charge in [0.15, 0.2) is 5.16 Å². The molecule has 2 N–H and O–H groups in total. The Hall–Kier alpha value is -3.37. The van der Waals surface area contributed by atoms with Crippen molar-refractivity contribution in [3.05, 3.63) is 66.1 Å². The van der Waals surface area contributed by atoms with E-state index in [1.54, 1.807) is 35.0 Å². The van der Waals surface area contributed by atoms with Crippen molar-refractivity contribution in [2.75, 3.05) is 25.0 Å². The van der Waals surface area contributed by atoms with Gasteiger partial charge in [-0.1, -0.05) is 37.2 Å². The Morgan fingerprint density at radius 3 is 2.56 bits per heavy atom. The van der Waals surface area contributed by atoms with Crippen molar-refractivity contribution in [2.24, 2.45) is 0 Å². The maximum atomic E-state index is 12.8. The van der Waals surface area contributed by atoms with Crippen LogP contribution in [0.4, 0.5) is 10.5 Å². The number of thioether (sulfide) groups is 1. The average molecular weight is 549 g/mol. The van der Waals surface area contributed by atoms with Crippen LogP contribution in [0.25, 0.3) is 0 Å². The molecule has 0 bridgehead atoms. The molecule has 2 aliphatic heterocycles. The Kier molecular flexibility index (Phi) is 9.15. The number of benzene rings is 1. The van der Waals surface area contributed by atoms with E-state index in [9.17, 15) is 9.59 Å². The molecule has 0 aliphatic carbocycles. The number of hydrogen-bond acceptors (Lipinski definition) is 7. The van der Waals surface area contributed by atoms with Gasteiger partial charge in [0.05, 0.1) is 11.9 Å². The van der Waals surface area contributed by atoms with Crippen molar-refractivity contribution in [3.63, 3.8) is 0 Å². The normalized spacial score (nSPS) is 18.6. The number of pyridine rings is 1. The molecule has 9 nitrogen and oxygen atoms in total. The number of carbonyl (C=O) groups is 2. The number of aromatic nitrogens is 3. The quantitative estimate of drug-likeness (QED) is 0.379. The zero-order valence-electron chi connectivity index (χ0n) is 22.3. The summed E-state index contributed by atoms with van der Waals surface area (Å²) in [4.78, 5) is 41.2. The lowest BCUT2D eigenvalue weighted by atomic mass is 9.99. The van der Waals surface area contributed by atoms with Gasteiger partial charge in [-0.25, -0.2) is 14.8 Å². The summed E-state index contributed by atoms with van der Waals surface area (Å²) in [5.41, 5.74) is 2.35. The number of likely N-dealkylation sites (tertiary alicyclic amines) is 2. The molecular formula is C29H36N6O3S. The van der Waals surface area contributed by atoms with E-state index in [1.165, 1.54) is 37.4 Å². The number of ether oxygens (including phenoxy) is 1. The van der Waals surface area contributed by atoms with Gasteiger partial charge in [0, 0.05) is 54.9 Å². The molecule has 3 aromatic rings. The number of anilines is 1. The Labute approximate surface area is 233 Å². The van der Waals surface area contributed by atoms with E-state index in [0.29, 0.717) is 35.6 Å². The minimum Gasteiger partial charge on any atom is -0.391 e. The third-order valence-corrected chi connectivity index (χ3v) is 8.71. The predicted octanol–water partition coefficient (Wildman–Crippen LogP) is 5.58. The van der Waals surface area contributed by atoms with E-state index < -0.39 is 6.09 Å². The number of nitrogens with zero attached hydrogens (tertiary/aromatic N) is 4. The smallest absolute Gasteiger partial charge is 0.391 e. The highest BCUT2D eigenvalue weighted by Gasteiger charge is 2.25. The van der Waals surface area contributed by atoms with Gasteiger partial charge in [0.25, 0.3) is 5.91 Å². The highest BCUT2D eigenvalue weighted by molar-refractivity contribution is 7.99. The van der Waals surface area contributed by atoms with E-state index in [1.807, 2.05) is 30.5 Å². The monoisotopic (exact) mass is 548 g/mol. The fraction of sp³-hybridized carbons (Fsp3) is 0.448. The zero-order valence-corrected chi connectivity index (χ0v) is 23.2. The lowest BCUT2D eigenvalue weighted by molar-refractivity contribution is 0.102. The van der Waals surface area contributed by atoms with Crippen LogP contribution < -0.4 is 10.1 Å². The van der Waals surface area contributed by atoms with Crippen LogP contribution in [0.3, 0.4) is 0 Å². The molecule has 1 atom stereocenters. The van der Waals surface area contributed by atoms with Gasteiger partial charge in [0.1, 0.15) is 0 Å². The molecule has 1 aromatic carbocycles. The number of nitrogens with one attached hydrogen (secondary N) is 2. The first-order chi connectivity index (χ1) is 19.1. The number of H-pyrrole nitrogens is 1. The van der Waals surface area contributed by atoms with Gasteiger partial charge in [-0.2, -0.15) is 0 Å². The number of imidazole rings is 1. The third kappa shape index (κ3) is 7.39. The predicted molar refractivity (Wildman–Crippen MR) is 152 cm³/mol. The minimum absolute atomic E-state index is 0.201. The maximum Gasteiger partial charge on any atom is 0.416 e. The second-order valence-corrected chi connectivity index (χ2v) is 11.4. The molecule has 5 rings (SSSR count). The van der Waals surface area contributed by atoms with E-state index in [0.717, 1.165) is 31.1 Å². The van der Waals surface area contributed by atoms with E-state index in [-0.39, 0.29) is 11.8 Å². The van der Waals surface area contributed by atoms with Crippen molar-refractivity contribution >= 4 is 29.4 Å². The van der Waals surface area contributed by atoms with Crippen LogP contribution in [0, 0.1) is 0 Å². The number of rotatable bonds is 8. The van der Waals surface area contributed by atoms with Crippen LogP contribution in [0.1, 0.15) is 61.4 Å². The van der Waals surface area contributed by atoms with E-state index in [2.05, 4.69) is 32.1 Å². The summed E-state index contributed by atoms with van der Waals surface area (Å²) < 4.78 is 5.46. The number of hydrogen-bond donors (Lipinski definition) is 2. The molecule has 206 valence electrons. The number of piperidine rings is 2. The molecule has 39 heavy (non-hydrogen) atoms. The van der Waals surface area contributed by atoms with Crippen LogP contribution in [0.5, 0.6) is 5.88 Å². The summed E-state index contributed by atoms with van der Waals surface area (Å²) in [6.45, 7) is 5.58. The number of aromatic amines is 1. The largest absolute Gasteiger partial charge is 0.416 e. The maximum absolute atomic E-state index is 12.8. The minimum atomic E-state index is -0.407. The fourth-order valence-corrected chi connectivity index (χ4v) is 6.25. The highest BCUT2D eigenvalue weighted by atomic mass is 32.2. The lowest BCUT2D eigenvalue weighted by Crippen LogP contribution is -2.41. The Bertz CT molecular complexity index is 1210. The van der Waals surface area contributed by atoms with E-state index in [4.69, 9.17) is 4.74 Å². The van der Waals surface area contributed by atoms with Gasteiger partial charge >= 0.3 is 6.09 Å². The van der Waals surface area contributed by atoms with Crippen LogP contribution in [0.2, 0.25) is 0 Å². The highest BCUT2D eigenvalue weighted by Crippen LogP contribution is 2.28. The zero-order chi connectivity index (χ0) is 27.0. The molecule has 0 spiro atoms. The van der Waals surface area contributed by atoms with Gasteiger partial charge in [-0.15, -0.1) is 0 Å². The molecule has 1 unspecified atom stereocenters. The first-order valence-corrected chi connectivity index (χ1v) is 14.7. The first-order valence-electron chi connectivity index (χ1n) is 13.8. The molecule has 10 heteroatoms. The summed E-state index contributed by atoms with van der Waals surface area (Å²) in [5, 5.41) is 4.19. The fourth-order valence-electron chi connectivity index (χ4n) is 5.23. The van der Waals surface area contributed by atoms with Crippen molar-refractivity contribution < 1.29 is 14.3 Å². The SMILES string of the molecule is CCC1CCCCN1Cc1ccc(C(=O)Nc2ccc(OC(=O)N3CCC(Sc4ncc[nH]4)CC3)nc2)cc1. The second-order valence-electron chi connectivity index (χ2n) is 10.1.